The molecule has 1 aliphatic heterocycles. The molecule has 0 saturated carbocycles. The Hall–Kier alpha value is -3.24. The van der Waals surface area contributed by atoms with E-state index in [9.17, 15) is 22.8 Å². The molecule has 1 amide bonds. The Labute approximate surface area is 203 Å². The maximum atomic E-state index is 13.3. The van der Waals surface area contributed by atoms with Crippen molar-refractivity contribution < 1.29 is 13.2 Å². The van der Waals surface area contributed by atoms with Crippen LogP contribution in [0.15, 0.2) is 56.9 Å². The molecular weight excluding hydrogens is 468 g/mol. The minimum absolute atomic E-state index is 0.0544. The number of nitrogens with one attached hydrogen (secondary N) is 1. The van der Waals surface area contributed by atoms with E-state index in [1.807, 2.05) is 24.3 Å². The quantitative estimate of drug-likeness (QED) is 0.578. The smallest absolute Gasteiger partial charge is 0.331 e. The standard InChI is InChI=1S/C25H28N4O5S/c1-27-22-12-11-18(35(33,34)26-21-10-6-8-17-7-2-3-9-19(17)21)15-20(22)24(31)29(25(27)32)16-23(30)28-13-4-5-14-28/h2-3,7,9,11-12,15,21,26H,4-6,8,10,13-14,16H2,1H3. The number of aryl methyl sites for hydroxylation is 2. The predicted molar refractivity (Wildman–Crippen MR) is 132 cm³/mol. The lowest BCUT2D eigenvalue weighted by atomic mass is 9.88. The molecule has 1 aromatic heterocycles. The normalized spacial score (nSPS) is 18.1. The molecule has 0 spiro atoms. The number of nitrogens with zero attached hydrogens (tertiary/aromatic N) is 3. The van der Waals surface area contributed by atoms with Crippen LogP contribution < -0.4 is 16.0 Å². The molecule has 3 aromatic rings. The minimum Gasteiger partial charge on any atom is -0.341 e. The van der Waals surface area contributed by atoms with E-state index < -0.39 is 21.3 Å². The van der Waals surface area contributed by atoms with Crippen LogP contribution in [0.3, 0.4) is 0 Å². The summed E-state index contributed by atoms with van der Waals surface area (Å²) in [6.45, 7) is 0.856. The number of hydrogen-bond donors (Lipinski definition) is 1. The van der Waals surface area contributed by atoms with Gasteiger partial charge in [0.25, 0.3) is 5.56 Å². The maximum absolute atomic E-state index is 13.3. The fourth-order valence-electron chi connectivity index (χ4n) is 5.14. The minimum atomic E-state index is -3.94. The summed E-state index contributed by atoms with van der Waals surface area (Å²) in [5.74, 6) is -0.289. The van der Waals surface area contributed by atoms with E-state index in [0.717, 1.165) is 41.4 Å². The molecule has 1 N–H and O–H groups in total. The van der Waals surface area contributed by atoms with Gasteiger partial charge in [-0.15, -0.1) is 0 Å². The average molecular weight is 497 g/mol. The van der Waals surface area contributed by atoms with Crippen molar-refractivity contribution in [2.45, 2.75) is 49.6 Å². The summed E-state index contributed by atoms with van der Waals surface area (Å²) in [5.41, 5.74) is 1.13. The second-order valence-electron chi connectivity index (χ2n) is 9.26. The van der Waals surface area contributed by atoms with Gasteiger partial charge in [-0.2, -0.15) is 0 Å². The van der Waals surface area contributed by atoms with Crippen LogP contribution in [-0.4, -0.2) is 41.4 Å². The zero-order chi connectivity index (χ0) is 24.7. The van der Waals surface area contributed by atoms with Crippen molar-refractivity contribution in [3.63, 3.8) is 0 Å². The third-order valence-electron chi connectivity index (χ3n) is 7.05. The monoisotopic (exact) mass is 496 g/mol. The number of amides is 1. The first-order chi connectivity index (χ1) is 16.8. The molecule has 10 heteroatoms. The van der Waals surface area contributed by atoms with Crippen molar-refractivity contribution in [2.24, 2.45) is 7.05 Å². The Bertz CT molecular complexity index is 1530. The third-order valence-corrected chi connectivity index (χ3v) is 8.52. The molecule has 35 heavy (non-hydrogen) atoms. The van der Waals surface area contributed by atoms with Gasteiger partial charge in [-0.25, -0.2) is 17.9 Å². The highest BCUT2D eigenvalue weighted by atomic mass is 32.2. The topological polar surface area (TPSA) is 110 Å². The molecule has 5 rings (SSSR count). The summed E-state index contributed by atoms with van der Waals surface area (Å²) in [6, 6.07) is 11.6. The van der Waals surface area contributed by atoms with Crippen LogP contribution in [0, 0.1) is 0 Å². The molecule has 0 bridgehead atoms. The highest BCUT2D eigenvalue weighted by Gasteiger charge is 2.27. The van der Waals surface area contributed by atoms with Crippen molar-refractivity contribution in [2.75, 3.05) is 13.1 Å². The molecule has 1 atom stereocenters. The number of hydrogen-bond acceptors (Lipinski definition) is 5. The molecule has 2 aliphatic rings. The molecule has 0 radical (unpaired) electrons. The van der Waals surface area contributed by atoms with Gasteiger partial charge in [0.15, 0.2) is 0 Å². The van der Waals surface area contributed by atoms with E-state index in [0.29, 0.717) is 25.0 Å². The molecule has 1 aliphatic carbocycles. The maximum Gasteiger partial charge on any atom is 0.331 e. The van der Waals surface area contributed by atoms with E-state index in [1.54, 1.807) is 4.90 Å². The summed E-state index contributed by atoms with van der Waals surface area (Å²) >= 11 is 0. The van der Waals surface area contributed by atoms with E-state index in [1.165, 1.54) is 29.8 Å². The lowest BCUT2D eigenvalue weighted by Crippen LogP contribution is -2.43. The first-order valence-corrected chi connectivity index (χ1v) is 13.4. The molecule has 2 heterocycles. The molecule has 1 fully saturated rings. The molecular formula is C25H28N4O5S. The second kappa shape index (κ2) is 9.09. The zero-order valence-electron chi connectivity index (χ0n) is 19.6. The van der Waals surface area contributed by atoms with Gasteiger partial charge in [0.2, 0.25) is 15.9 Å². The Morgan fingerprint density at radius 2 is 1.80 bits per heavy atom. The second-order valence-corrected chi connectivity index (χ2v) is 11.0. The van der Waals surface area contributed by atoms with Gasteiger partial charge in [-0.3, -0.25) is 18.7 Å². The zero-order valence-corrected chi connectivity index (χ0v) is 20.4. The van der Waals surface area contributed by atoms with Crippen LogP contribution >= 0.6 is 0 Å². The summed E-state index contributed by atoms with van der Waals surface area (Å²) in [6.07, 6.45) is 4.27. The summed E-state index contributed by atoms with van der Waals surface area (Å²) < 4.78 is 31.6. The van der Waals surface area contributed by atoms with Crippen molar-refractivity contribution in [3.8, 4) is 0 Å². The largest absolute Gasteiger partial charge is 0.341 e. The van der Waals surface area contributed by atoms with E-state index >= 15 is 0 Å². The van der Waals surface area contributed by atoms with Gasteiger partial charge in [0.1, 0.15) is 6.54 Å². The SMILES string of the molecule is Cn1c(=O)n(CC(=O)N2CCCC2)c(=O)c2cc(S(=O)(=O)NC3CCCc4ccccc43)ccc21. The summed E-state index contributed by atoms with van der Waals surface area (Å²) in [4.78, 5) is 40.3. The lowest BCUT2D eigenvalue weighted by Gasteiger charge is -2.26. The Kier molecular flexibility index (Phi) is 6.10. The van der Waals surface area contributed by atoms with Crippen LogP contribution in [-0.2, 0) is 34.8 Å². The molecule has 9 nitrogen and oxygen atoms in total. The lowest BCUT2D eigenvalue weighted by molar-refractivity contribution is -0.130. The van der Waals surface area contributed by atoms with Gasteiger partial charge in [-0.1, -0.05) is 24.3 Å². The number of fused-ring (bicyclic) bond motifs is 2. The Balaban J connectivity index is 1.52. The number of likely N-dealkylation sites (tertiary alicyclic amines) is 1. The number of carbonyl (C=O) groups excluding carboxylic acids is 1. The van der Waals surface area contributed by atoms with Gasteiger partial charge in [0.05, 0.1) is 15.8 Å². The third kappa shape index (κ3) is 4.32. The molecule has 1 saturated heterocycles. The number of carbonyl (C=O) groups is 1. The van der Waals surface area contributed by atoms with Gasteiger partial charge < -0.3 is 4.90 Å². The van der Waals surface area contributed by atoms with Gasteiger partial charge >= 0.3 is 5.69 Å². The predicted octanol–water partition coefficient (Wildman–Crippen LogP) is 1.68. The molecule has 1 unspecified atom stereocenters. The number of benzene rings is 2. The fraction of sp³-hybridized carbons (Fsp3) is 0.400. The van der Waals surface area contributed by atoms with Crippen molar-refractivity contribution in [1.29, 1.82) is 0 Å². The first-order valence-electron chi connectivity index (χ1n) is 11.9. The van der Waals surface area contributed by atoms with Gasteiger partial charge in [0, 0.05) is 26.2 Å². The van der Waals surface area contributed by atoms with E-state index in [2.05, 4.69) is 4.72 Å². The van der Waals surface area contributed by atoms with Crippen LogP contribution in [0.25, 0.3) is 10.9 Å². The summed E-state index contributed by atoms with van der Waals surface area (Å²) in [7, 11) is -2.44. The average Bonchev–Trinajstić information content (AvgIpc) is 3.40. The van der Waals surface area contributed by atoms with Crippen molar-refractivity contribution in [1.82, 2.24) is 18.8 Å². The van der Waals surface area contributed by atoms with Crippen LogP contribution in [0.2, 0.25) is 0 Å². The van der Waals surface area contributed by atoms with Crippen molar-refractivity contribution in [3.05, 3.63) is 74.4 Å². The van der Waals surface area contributed by atoms with E-state index in [-0.39, 0.29) is 28.8 Å². The number of aromatic nitrogens is 2. The van der Waals surface area contributed by atoms with E-state index in [4.69, 9.17) is 0 Å². The fourth-order valence-corrected chi connectivity index (χ4v) is 6.41. The Morgan fingerprint density at radius 3 is 2.57 bits per heavy atom. The summed E-state index contributed by atoms with van der Waals surface area (Å²) in [5, 5.41) is 0.0771. The van der Waals surface area contributed by atoms with Crippen LogP contribution in [0.1, 0.15) is 42.9 Å². The molecule has 184 valence electrons. The first kappa shape index (κ1) is 23.5. The highest BCUT2D eigenvalue weighted by Crippen LogP contribution is 2.31. The van der Waals surface area contributed by atoms with Crippen molar-refractivity contribution >= 4 is 26.8 Å². The highest BCUT2D eigenvalue weighted by molar-refractivity contribution is 7.89. The Morgan fingerprint density at radius 1 is 1.06 bits per heavy atom. The number of rotatable bonds is 5. The number of sulfonamides is 1. The van der Waals surface area contributed by atoms with Gasteiger partial charge in [-0.05, 0) is 61.4 Å². The van der Waals surface area contributed by atoms with Crippen LogP contribution in [0.4, 0.5) is 0 Å². The van der Waals surface area contributed by atoms with Crippen LogP contribution in [0.5, 0.6) is 0 Å². The molecule has 2 aromatic carbocycles.